The first-order chi connectivity index (χ1) is 18.2. The maximum Gasteiger partial charge on any atom is 0.306 e. The zero-order chi connectivity index (χ0) is 27.1. The average molecular weight is 609 g/mol. The number of aromatic amines is 1. The summed E-state index contributed by atoms with van der Waals surface area (Å²) in [6.45, 7) is -0.346. The minimum atomic E-state index is -1.55. The van der Waals surface area contributed by atoms with Crippen LogP contribution in [-0.2, 0) is 32.0 Å². The normalized spacial score (nSPS) is 14.9. The Kier molecular flexibility index (Phi) is 11.7. The van der Waals surface area contributed by atoms with E-state index in [1.165, 1.54) is 6.33 Å². The van der Waals surface area contributed by atoms with Gasteiger partial charge in [0.15, 0.2) is 0 Å². The molecule has 2 heterocycles. The van der Waals surface area contributed by atoms with Crippen molar-refractivity contribution in [3.05, 3.63) is 82.8 Å². The maximum absolute atomic E-state index is 12.2. The van der Waals surface area contributed by atoms with Crippen LogP contribution < -0.4 is 21.5 Å². The number of hydrogen-bond acceptors (Lipinski definition) is 9. The van der Waals surface area contributed by atoms with Crippen LogP contribution >= 0.6 is 36.6 Å². The maximum atomic E-state index is 12.2. The molecule has 1 fully saturated rings. The highest BCUT2D eigenvalue weighted by molar-refractivity contribution is 8.18. The second kappa shape index (κ2) is 14.5. The van der Waals surface area contributed by atoms with Crippen molar-refractivity contribution < 1.29 is 28.7 Å². The summed E-state index contributed by atoms with van der Waals surface area (Å²) in [5, 5.41) is 1.83. The lowest BCUT2D eigenvalue weighted by Crippen LogP contribution is -2.57. The summed E-state index contributed by atoms with van der Waals surface area (Å²) in [5.74, 6) is -0.496. The second-order valence-electron chi connectivity index (χ2n) is 8.59. The summed E-state index contributed by atoms with van der Waals surface area (Å²) in [6.07, 6.45) is 5.24. The van der Waals surface area contributed by atoms with Crippen molar-refractivity contribution in [2.75, 3.05) is 6.61 Å². The summed E-state index contributed by atoms with van der Waals surface area (Å²) in [5.41, 5.74) is 12.1. The average Bonchev–Trinajstić information content (AvgIpc) is 3.51. The molecule has 1 aliphatic rings. The Hall–Kier alpha value is -3.84. The van der Waals surface area contributed by atoms with E-state index in [1.54, 1.807) is 48.7 Å². The monoisotopic (exact) mass is 607 g/mol. The van der Waals surface area contributed by atoms with E-state index in [0.29, 0.717) is 28.5 Å². The zero-order valence-electron chi connectivity index (χ0n) is 21.0. The second-order valence-corrected chi connectivity index (χ2v) is 9.60. The van der Waals surface area contributed by atoms with Gasteiger partial charge in [-0.1, -0.05) is 24.3 Å². The van der Waals surface area contributed by atoms with Gasteiger partial charge < -0.3 is 25.9 Å². The molecule has 0 spiro atoms. The van der Waals surface area contributed by atoms with Gasteiger partial charge in [0.25, 0.3) is 11.1 Å². The highest BCUT2D eigenvalue weighted by Gasteiger charge is 2.34. The van der Waals surface area contributed by atoms with Gasteiger partial charge in [0.05, 0.1) is 16.9 Å². The molecule has 212 valence electrons. The number of halogens is 2. The third-order valence-electron chi connectivity index (χ3n) is 5.63. The Morgan fingerprint density at radius 2 is 1.68 bits per heavy atom. The molecule has 3 aromatic rings. The Bertz CT molecular complexity index is 1370. The van der Waals surface area contributed by atoms with E-state index in [4.69, 9.17) is 20.9 Å². The van der Waals surface area contributed by atoms with E-state index in [2.05, 4.69) is 15.3 Å². The molecule has 0 saturated carbocycles. The number of nitrogens with zero attached hydrogens (tertiary/aromatic N) is 1. The van der Waals surface area contributed by atoms with E-state index in [0.717, 1.165) is 22.9 Å². The number of imide groups is 1. The van der Waals surface area contributed by atoms with Crippen molar-refractivity contribution >= 4 is 65.7 Å². The number of amides is 3. The SMILES string of the molecule is Cl.Cl.NC(=O)C(N)(COC(=O)CCc1ccc(Oc2ccc(C=C3SC(=O)NC3=O)cc2)cc1)Cc1c[nH]cn1. The molecular weight excluding hydrogens is 581 g/mol. The molecule has 2 aromatic carbocycles. The molecule has 6 N–H and O–H groups in total. The van der Waals surface area contributed by atoms with E-state index in [-0.39, 0.29) is 49.5 Å². The van der Waals surface area contributed by atoms with Gasteiger partial charge in [-0.25, -0.2) is 4.98 Å². The lowest BCUT2D eigenvalue weighted by Gasteiger charge is -2.24. The van der Waals surface area contributed by atoms with Crippen LogP contribution in [0.15, 0.2) is 66.0 Å². The number of aryl methyl sites for hydroxylation is 1. The van der Waals surface area contributed by atoms with Gasteiger partial charge in [-0.2, -0.15) is 0 Å². The van der Waals surface area contributed by atoms with Crippen LogP contribution in [0.3, 0.4) is 0 Å². The highest BCUT2D eigenvalue weighted by atomic mass is 35.5. The van der Waals surface area contributed by atoms with Gasteiger partial charge in [-0.05, 0) is 59.7 Å². The van der Waals surface area contributed by atoms with Crippen LogP contribution in [-0.4, -0.2) is 45.1 Å². The standard InChI is InChI=1S/C26H25N5O6S.2ClH/c27-24(34)26(28,12-18-13-29-15-30-18)14-36-22(32)10-5-16-1-6-19(7-2-16)37-20-8-3-17(4-9-20)11-21-23(33)31-25(35)38-21;;/h1-4,6-9,11,13,15H,5,10,12,14,28H2,(H2,27,34)(H,29,30)(H,31,33,35);2*1H. The van der Waals surface area contributed by atoms with Gasteiger partial charge >= 0.3 is 5.97 Å². The largest absolute Gasteiger partial charge is 0.463 e. The lowest BCUT2D eigenvalue weighted by atomic mass is 9.95. The summed E-state index contributed by atoms with van der Waals surface area (Å²) in [7, 11) is 0. The Labute approximate surface area is 246 Å². The number of ether oxygens (including phenoxy) is 2. The quantitative estimate of drug-likeness (QED) is 0.188. The Morgan fingerprint density at radius 1 is 1.02 bits per heavy atom. The number of rotatable bonds is 11. The Morgan fingerprint density at radius 3 is 2.23 bits per heavy atom. The molecule has 1 saturated heterocycles. The molecule has 3 amide bonds. The third kappa shape index (κ3) is 8.85. The Balaban J connectivity index is 0.00000280. The number of H-pyrrole nitrogens is 1. The fourth-order valence-electron chi connectivity index (χ4n) is 3.51. The number of aromatic nitrogens is 2. The molecule has 0 aliphatic carbocycles. The molecule has 40 heavy (non-hydrogen) atoms. The molecular formula is C26H27Cl2N5O6S. The molecule has 11 nitrogen and oxygen atoms in total. The summed E-state index contributed by atoms with van der Waals surface area (Å²) in [6, 6.07) is 14.3. The topological polar surface area (TPSA) is 179 Å². The van der Waals surface area contributed by atoms with Gasteiger partial charge in [-0.15, -0.1) is 24.8 Å². The first kappa shape index (κ1) is 32.4. The minimum Gasteiger partial charge on any atom is -0.463 e. The highest BCUT2D eigenvalue weighted by Crippen LogP contribution is 2.27. The number of nitrogens with two attached hydrogens (primary N) is 2. The van der Waals surface area contributed by atoms with Crippen LogP contribution in [0.2, 0.25) is 0 Å². The molecule has 1 atom stereocenters. The summed E-state index contributed by atoms with van der Waals surface area (Å²) >= 11 is 0.861. The summed E-state index contributed by atoms with van der Waals surface area (Å²) < 4.78 is 11.1. The number of hydrogen-bond donors (Lipinski definition) is 4. The van der Waals surface area contributed by atoms with Crippen LogP contribution in [0.5, 0.6) is 11.5 Å². The number of benzene rings is 2. The summed E-state index contributed by atoms with van der Waals surface area (Å²) in [4.78, 5) is 54.2. The van der Waals surface area contributed by atoms with Crippen molar-refractivity contribution in [2.24, 2.45) is 11.5 Å². The fourth-order valence-corrected chi connectivity index (χ4v) is 4.19. The molecule has 14 heteroatoms. The third-order valence-corrected chi connectivity index (χ3v) is 6.44. The number of imidazole rings is 1. The molecule has 0 radical (unpaired) electrons. The number of carbonyl (C=O) groups is 4. The number of primary amides is 1. The first-order valence-corrected chi connectivity index (χ1v) is 12.4. The number of esters is 1. The van der Waals surface area contributed by atoms with Crippen LogP contribution in [0.1, 0.15) is 23.2 Å². The van der Waals surface area contributed by atoms with Crippen LogP contribution in [0, 0.1) is 0 Å². The number of thioether (sulfide) groups is 1. The van der Waals surface area contributed by atoms with Crippen LogP contribution in [0.4, 0.5) is 4.79 Å². The van der Waals surface area contributed by atoms with E-state index in [1.807, 2.05) is 12.1 Å². The van der Waals surface area contributed by atoms with Crippen molar-refractivity contribution in [1.82, 2.24) is 15.3 Å². The van der Waals surface area contributed by atoms with Crippen molar-refractivity contribution in [2.45, 2.75) is 24.8 Å². The fraction of sp³-hybridized carbons (Fsp3) is 0.192. The number of carbonyl (C=O) groups excluding carboxylic acids is 4. The predicted octanol–water partition coefficient (Wildman–Crippen LogP) is 3.27. The minimum absolute atomic E-state index is 0. The molecule has 4 rings (SSSR count). The van der Waals surface area contributed by atoms with Gasteiger partial charge in [0.1, 0.15) is 23.6 Å². The van der Waals surface area contributed by atoms with Crippen molar-refractivity contribution in [3.63, 3.8) is 0 Å². The van der Waals surface area contributed by atoms with E-state index < -0.39 is 23.3 Å². The smallest absolute Gasteiger partial charge is 0.306 e. The van der Waals surface area contributed by atoms with Gasteiger partial charge in [-0.3, -0.25) is 24.5 Å². The van der Waals surface area contributed by atoms with Gasteiger partial charge in [0, 0.05) is 19.0 Å². The van der Waals surface area contributed by atoms with Crippen LogP contribution in [0.25, 0.3) is 6.08 Å². The molecule has 1 unspecified atom stereocenters. The molecule has 1 aromatic heterocycles. The van der Waals surface area contributed by atoms with Crippen molar-refractivity contribution in [1.29, 1.82) is 0 Å². The van der Waals surface area contributed by atoms with E-state index >= 15 is 0 Å². The first-order valence-electron chi connectivity index (χ1n) is 11.5. The van der Waals surface area contributed by atoms with Gasteiger partial charge in [0.2, 0.25) is 5.91 Å². The van der Waals surface area contributed by atoms with Crippen molar-refractivity contribution in [3.8, 4) is 11.5 Å². The predicted molar refractivity (Wildman–Crippen MR) is 154 cm³/mol. The molecule has 0 bridgehead atoms. The number of nitrogens with one attached hydrogen (secondary N) is 2. The lowest BCUT2D eigenvalue weighted by molar-refractivity contribution is -0.147. The zero-order valence-corrected chi connectivity index (χ0v) is 23.4. The van der Waals surface area contributed by atoms with E-state index in [9.17, 15) is 19.2 Å². The molecule has 1 aliphatic heterocycles.